The third-order valence-electron chi connectivity index (χ3n) is 5.17. The van der Waals surface area contributed by atoms with Gasteiger partial charge in [0.15, 0.2) is 0 Å². The van der Waals surface area contributed by atoms with E-state index in [1.807, 2.05) is 24.3 Å². The van der Waals surface area contributed by atoms with Crippen molar-refractivity contribution in [2.75, 3.05) is 20.2 Å². The van der Waals surface area contributed by atoms with Gasteiger partial charge < -0.3 is 19.6 Å². The zero-order valence-electron chi connectivity index (χ0n) is 14.9. The average Bonchev–Trinajstić information content (AvgIpc) is 3.02. The highest BCUT2D eigenvalue weighted by molar-refractivity contribution is 5.91. The summed E-state index contributed by atoms with van der Waals surface area (Å²) in [6.07, 6.45) is 2.26. The SMILES string of the molecule is COc1ccc(CN2C[C@@H](C(=O)N3CCCC[C@H]3C(=O)O)CC2=O)cc1. The molecule has 2 aliphatic heterocycles. The molecule has 0 unspecified atom stereocenters. The van der Waals surface area contributed by atoms with Crippen molar-refractivity contribution in [1.82, 2.24) is 9.80 Å². The number of carboxylic acids is 1. The minimum atomic E-state index is -0.961. The van der Waals surface area contributed by atoms with Crippen LogP contribution in [0.4, 0.5) is 0 Å². The van der Waals surface area contributed by atoms with E-state index in [-0.39, 0.29) is 18.2 Å². The van der Waals surface area contributed by atoms with Gasteiger partial charge in [-0.15, -0.1) is 0 Å². The number of carboxylic acid groups (broad SMARTS) is 1. The molecule has 1 N–H and O–H groups in total. The zero-order chi connectivity index (χ0) is 18.7. The Morgan fingerprint density at radius 3 is 2.62 bits per heavy atom. The molecule has 0 spiro atoms. The Bertz CT molecular complexity index is 688. The molecule has 2 aliphatic rings. The number of hydrogen-bond donors (Lipinski definition) is 1. The molecular formula is C19H24N2O5. The maximum atomic E-state index is 12.8. The highest BCUT2D eigenvalue weighted by Crippen LogP contribution is 2.26. The standard InChI is InChI=1S/C19H24N2O5/c1-26-15-7-5-13(6-8-15)11-20-12-14(10-17(20)22)18(23)21-9-3-2-4-16(21)19(24)25/h5-8,14,16H,2-4,9-12H2,1H3,(H,24,25)/t14-,16-/m0/s1. The summed E-state index contributed by atoms with van der Waals surface area (Å²) >= 11 is 0. The van der Waals surface area contributed by atoms with Gasteiger partial charge in [-0.3, -0.25) is 9.59 Å². The van der Waals surface area contributed by atoms with Gasteiger partial charge in [0.05, 0.1) is 13.0 Å². The van der Waals surface area contributed by atoms with Crippen molar-refractivity contribution in [3.63, 3.8) is 0 Å². The van der Waals surface area contributed by atoms with Crippen LogP contribution >= 0.6 is 0 Å². The Hall–Kier alpha value is -2.57. The molecule has 0 aliphatic carbocycles. The fourth-order valence-corrected chi connectivity index (χ4v) is 3.73. The van der Waals surface area contributed by atoms with Gasteiger partial charge in [0.2, 0.25) is 11.8 Å². The molecule has 0 bridgehead atoms. The Morgan fingerprint density at radius 1 is 1.23 bits per heavy atom. The summed E-state index contributed by atoms with van der Waals surface area (Å²) in [7, 11) is 1.60. The van der Waals surface area contributed by atoms with E-state index in [2.05, 4.69) is 0 Å². The summed E-state index contributed by atoms with van der Waals surface area (Å²) in [4.78, 5) is 39.7. The molecule has 0 radical (unpaired) electrons. The molecule has 26 heavy (non-hydrogen) atoms. The highest BCUT2D eigenvalue weighted by atomic mass is 16.5. The van der Waals surface area contributed by atoms with Crippen LogP contribution in [-0.4, -0.2) is 58.9 Å². The van der Waals surface area contributed by atoms with Crippen LogP contribution in [0.15, 0.2) is 24.3 Å². The number of likely N-dealkylation sites (tertiary alicyclic amines) is 2. The Kier molecular flexibility index (Phi) is 5.44. The lowest BCUT2D eigenvalue weighted by atomic mass is 9.98. The topological polar surface area (TPSA) is 87.2 Å². The molecule has 1 aromatic rings. The smallest absolute Gasteiger partial charge is 0.326 e. The van der Waals surface area contributed by atoms with Gasteiger partial charge in [-0.2, -0.15) is 0 Å². The van der Waals surface area contributed by atoms with Crippen LogP contribution in [0.5, 0.6) is 5.75 Å². The molecule has 2 atom stereocenters. The number of aliphatic carboxylic acids is 1. The molecule has 0 saturated carbocycles. The number of rotatable bonds is 5. The highest BCUT2D eigenvalue weighted by Gasteiger charge is 2.40. The summed E-state index contributed by atoms with van der Waals surface area (Å²) in [5.41, 5.74) is 0.966. The van der Waals surface area contributed by atoms with Crippen molar-refractivity contribution < 1.29 is 24.2 Å². The van der Waals surface area contributed by atoms with Crippen LogP contribution in [0.3, 0.4) is 0 Å². The lowest BCUT2D eigenvalue weighted by Crippen LogP contribution is -2.50. The fourth-order valence-electron chi connectivity index (χ4n) is 3.73. The lowest BCUT2D eigenvalue weighted by molar-refractivity contribution is -0.153. The second kappa shape index (κ2) is 7.76. The Labute approximate surface area is 152 Å². The molecule has 2 heterocycles. The predicted molar refractivity (Wildman–Crippen MR) is 93.5 cm³/mol. The van der Waals surface area contributed by atoms with E-state index >= 15 is 0 Å². The van der Waals surface area contributed by atoms with E-state index in [1.54, 1.807) is 12.0 Å². The van der Waals surface area contributed by atoms with Crippen LogP contribution in [0.1, 0.15) is 31.2 Å². The number of piperidine rings is 1. The van der Waals surface area contributed by atoms with Gasteiger partial charge in [0.25, 0.3) is 0 Å². The molecule has 140 valence electrons. The lowest BCUT2D eigenvalue weighted by Gasteiger charge is -2.34. The van der Waals surface area contributed by atoms with E-state index in [9.17, 15) is 19.5 Å². The minimum absolute atomic E-state index is 0.0666. The second-order valence-corrected chi connectivity index (χ2v) is 6.90. The maximum absolute atomic E-state index is 12.8. The van der Waals surface area contributed by atoms with Crippen molar-refractivity contribution in [3.05, 3.63) is 29.8 Å². The number of benzene rings is 1. The van der Waals surface area contributed by atoms with E-state index < -0.39 is 17.9 Å². The maximum Gasteiger partial charge on any atom is 0.326 e. The van der Waals surface area contributed by atoms with Gasteiger partial charge in [-0.1, -0.05) is 12.1 Å². The van der Waals surface area contributed by atoms with Gasteiger partial charge in [-0.05, 0) is 37.0 Å². The monoisotopic (exact) mass is 360 g/mol. The van der Waals surface area contributed by atoms with Crippen molar-refractivity contribution >= 4 is 17.8 Å². The van der Waals surface area contributed by atoms with Crippen LogP contribution in [0.2, 0.25) is 0 Å². The van der Waals surface area contributed by atoms with E-state index in [0.717, 1.165) is 24.2 Å². The van der Waals surface area contributed by atoms with Gasteiger partial charge in [-0.25, -0.2) is 4.79 Å². The molecule has 7 nitrogen and oxygen atoms in total. The van der Waals surface area contributed by atoms with Crippen LogP contribution in [0, 0.1) is 5.92 Å². The first-order chi connectivity index (χ1) is 12.5. The van der Waals surface area contributed by atoms with Crippen molar-refractivity contribution in [1.29, 1.82) is 0 Å². The largest absolute Gasteiger partial charge is 0.497 e. The van der Waals surface area contributed by atoms with E-state index in [1.165, 1.54) is 4.90 Å². The second-order valence-electron chi connectivity index (χ2n) is 6.90. The fraction of sp³-hybridized carbons (Fsp3) is 0.526. The first-order valence-electron chi connectivity index (χ1n) is 8.93. The molecule has 2 amide bonds. The van der Waals surface area contributed by atoms with E-state index in [0.29, 0.717) is 26.1 Å². The molecule has 2 saturated heterocycles. The molecule has 0 aromatic heterocycles. The number of amides is 2. The number of hydrogen-bond acceptors (Lipinski definition) is 4. The number of carbonyl (C=O) groups is 3. The van der Waals surface area contributed by atoms with Gasteiger partial charge in [0.1, 0.15) is 11.8 Å². The molecular weight excluding hydrogens is 336 g/mol. The molecule has 2 fully saturated rings. The number of carbonyl (C=O) groups excluding carboxylic acids is 2. The Morgan fingerprint density at radius 2 is 1.96 bits per heavy atom. The average molecular weight is 360 g/mol. The summed E-state index contributed by atoms with van der Waals surface area (Å²) < 4.78 is 5.13. The first-order valence-corrected chi connectivity index (χ1v) is 8.93. The summed E-state index contributed by atoms with van der Waals surface area (Å²) in [6.45, 7) is 1.24. The van der Waals surface area contributed by atoms with Crippen LogP contribution in [0.25, 0.3) is 0 Å². The molecule has 3 rings (SSSR count). The van der Waals surface area contributed by atoms with Crippen molar-refractivity contribution in [2.24, 2.45) is 5.92 Å². The van der Waals surface area contributed by atoms with Crippen LogP contribution in [-0.2, 0) is 20.9 Å². The molecule has 7 heteroatoms. The van der Waals surface area contributed by atoms with Gasteiger partial charge in [0, 0.05) is 26.1 Å². The third kappa shape index (κ3) is 3.81. The third-order valence-corrected chi connectivity index (χ3v) is 5.17. The predicted octanol–water partition coefficient (Wildman–Crippen LogP) is 1.51. The Balaban J connectivity index is 1.64. The summed E-state index contributed by atoms with van der Waals surface area (Å²) in [5, 5.41) is 9.36. The first kappa shape index (κ1) is 18.2. The quantitative estimate of drug-likeness (QED) is 0.860. The summed E-state index contributed by atoms with van der Waals surface area (Å²) in [5.74, 6) is -0.941. The number of nitrogens with zero attached hydrogens (tertiary/aromatic N) is 2. The van der Waals surface area contributed by atoms with E-state index in [4.69, 9.17) is 4.74 Å². The van der Waals surface area contributed by atoms with Crippen LogP contribution < -0.4 is 4.74 Å². The summed E-state index contributed by atoms with van der Waals surface area (Å²) in [6, 6.07) is 6.70. The number of ether oxygens (including phenoxy) is 1. The van der Waals surface area contributed by atoms with Gasteiger partial charge >= 0.3 is 5.97 Å². The molecule has 1 aromatic carbocycles. The van der Waals surface area contributed by atoms with Crippen molar-refractivity contribution in [2.45, 2.75) is 38.3 Å². The number of methoxy groups -OCH3 is 1. The zero-order valence-corrected chi connectivity index (χ0v) is 14.9. The van der Waals surface area contributed by atoms with Crippen molar-refractivity contribution in [3.8, 4) is 5.75 Å². The normalized spacial score (nSPS) is 23.2. The minimum Gasteiger partial charge on any atom is -0.497 e.